The predicted octanol–water partition coefficient (Wildman–Crippen LogP) is 1.58. The van der Waals surface area contributed by atoms with Gasteiger partial charge in [0.1, 0.15) is 6.54 Å². The first-order valence-electron chi connectivity index (χ1n) is 9.10. The standard InChI is InChI=1S/C20H27N3O4S/c1-15(2)17-7-5-16(6-8-17)11-12-21-19(24)14-23-13-18(9-10-20(23)25)28(26,27)22(3)4/h5-10,13,15H,11-12,14H2,1-4H3,(H,21,24). The van der Waals surface area contributed by atoms with Crippen molar-refractivity contribution in [2.45, 2.75) is 37.6 Å². The number of carbonyl (C=O) groups is 1. The summed E-state index contributed by atoms with van der Waals surface area (Å²) in [5.41, 5.74) is 1.94. The zero-order valence-corrected chi connectivity index (χ0v) is 17.5. The summed E-state index contributed by atoms with van der Waals surface area (Å²) in [5, 5.41) is 2.77. The van der Waals surface area contributed by atoms with Crippen molar-refractivity contribution >= 4 is 15.9 Å². The van der Waals surface area contributed by atoms with Gasteiger partial charge in [0.2, 0.25) is 15.9 Å². The van der Waals surface area contributed by atoms with Crippen LogP contribution in [0.25, 0.3) is 0 Å². The number of benzene rings is 1. The predicted molar refractivity (Wildman–Crippen MR) is 109 cm³/mol. The van der Waals surface area contributed by atoms with E-state index in [9.17, 15) is 18.0 Å². The van der Waals surface area contributed by atoms with Crippen LogP contribution in [0.15, 0.2) is 52.3 Å². The lowest BCUT2D eigenvalue weighted by Gasteiger charge is -2.13. The molecule has 0 atom stereocenters. The van der Waals surface area contributed by atoms with Gasteiger partial charge in [0.15, 0.2) is 0 Å². The first-order valence-corrected chi connectivity index (χ1v) is 10.5. The van der Waals surface area contributed by atoms with Gasteiger partial charge in [-0.05, 0) is 29.5 Å². The number of sulfonamides is 1. The normalized spacial score (nSPS) is 11.8. The minimum absolute atomic E-state index is 0.0323. The molecule has 28 heavy (non-hydrogen) atoms. The van der Waals surface area contributed by atoms with Gasteiger partial charge >= 0.3 is 0 Å². The maximum Gasteiger partial charge on any atom is 0.251 e. The highest BCUT2D eigenvalue weighted by Crippen LogP contribution is 2.14. The SMILES string of the molecule is CC(C)c1ccc(CCNC(=O)Cn2cc(S(=O)(=O)N(C)C)ccc2=O)cc1. The van der Waals surface area contributed by atoms with Gasteiger partial charge in [0.25, 0.3) is 5.56 Å². The molecular weight excluding hydrogens is 378 g/mol. The second-order valence-electron chi connectivity index (χ2n) is 7.11. The third-order valence-electron chi connectivity index (χ3n) is 4.43. The van der Waals surface area contributed by atoms with E-state index in [-0.39, 0.29) is 17.3 Å². The molecule has 1 amide bonds. The first-order chi connectivity index (χ1) is 13.1. The number of rotatable bonds is 8. The zero-order chi connectivity index (χ0) is 20.9. The van der Waals surface area contributed by atoms with Gasteiger partial charge in [-0.3, -0.25) is 9.59 Å². The number of hydrogen-bond donors (Lipinski definition) is 1. The van der Waals surface area contributed by atoms with Crippen molar-refractivity contribution in [2.24, 2.45) is 0 Å². The maximum absolute atomic E-state index is 12.2. The third-order valence-corrected chi connectivity index (χ3v) is 6.23. The van der Waals surface area contributed by atoms with Gasteiger partial charge < -0.3 is 9.88 Å². The van der Waals surface area contributed by atoms with Crippen molar-refractivity contribution in [3.63, 3.8) is 0 Å². The minimum atomic E-state index is -3.67. The van der Waals surface area contributed by atoms with Crippen molar-refractivity contribution < 1.29 is 13.2 Å². The molecule has 0 aliphatic rings. The molecule has 0 fully saturated rings. The van der Waals surface area contributed by atoms with Crippen LogP contribution in [0.4, 0.5) is 0 Å². The molecule has 2 rings (SSSR count). The molecule has 0 saturated heterocycles. The van der Waals surface area contributed by atoms with Gasteiger partial charge in [0.05, 0.1) is 4.90 Å². The fraction of sp³-hybridized carbons (Fsp3) is 0.400. The van der Waals surface area contributed by atoms with Crippen LogP contribution in [-0.2, 0) is 27.8 Å². The van der Waals surface area contributed by atoms with Crippen LogP contribution >= 0.6 is 0 Å². The van der Waals surface area contributed by atoms with Crippen LogP contribution in [0.3, 0.4) is 0 Å². The molecule has 0 unspecified atom stereocenters. The Balaban J connectivity index is 1.97. The molecule has 152 valence electrons. The Morgan fingerprint density at radius 3 is 2.32 bits per heavy atom. The molecule has 1 heterocycles. The van der Waals surface area contributed by atoms with Crippen molar-refractivity contribution in [3.8, 4) is 0 Å². The van der Waals surface area contributed by atoms with Gasteiger partial charge in [-0.15, -0.1) is 0 Å². The minimum Gasteiger partial charge on any atom is -0.354 e. The van der Waals surface area contributed by atoms with Crippen LogP contribution in [0.1, 0.15) is 30.9 Å². The molecule has 0 aliphatic heterocycles. The van der Waals surface area contributed by atoms with Crippen LogP contribution in [0.5, 0.6) is 0 Å². The average molecular weight is 406 g/mol. The Morgan fingerprint density at radius 1 is 1.11 bits per heavy atom. The Labute approximate surface area is 166 Å². The van der Waals surface area contributed by atoms with Crippen molar-refractivity contribution in [2.75, 3.05) is 20.6 Å². The van der Waals surface area contributed by atoms with Crippen molar-refractivity contribution in [1.82, 2.24) is 14.2 Å². The molecule has 0 radical (unpaired) electrons. The van der Waals surface area contributed by atoms with E-state index in [1.54, 1.807) is 0 Å². The summed E-state index contributed by atoms with van der Waals surface area (Å²) in [4.78, 5) is 24.1. The fourth-order valence-corrected chi connectivity index (χ4v) is 3.54. The van der Waals surface area contributed by atoms with E-state index in [0.29, 0.717) is 18.9 Å². The largest absolute Gasteiger partial charge is 0.354 e. The Kier molecular flexibility index (Phi) is 7.15. The fourth-order valence-electron chi connectivity index (χ4n) is 2.62. The van der Waals surface area contributed by atoms with Crippen LogP contribution in [0.2, 0.25) is 0 Å². The monoisotopic (exact) mass is 405 g/mol. The molecule has 1 aromatic heterocycles. The molecule has 8 heteroatoms. The molecular formula is C20H27N3O4S. The lowest BCUT2D eigenvalue weighted by molar-refractivity contribution is -0.121. The van der Waals surface area contributed by atoms with E-state index in [0.717, 1.165) is 20.5 Å². The third kappa shape index (κ3) is 5.53. The highest BCUT2D eigenvalue weighted by Gasteiger charge is 2.18. The molecule has 0 aliphatic carbocycles. The second kappa shape index (κ2) is 9.16. The molecule has 0 spiro atoms. The molecule has 2 aromatic rings. The van der Waals surface area contributed by atoms with E-state index >= 15 is 0 Å². The van der Waals surface area contributed by atoms with Gasteiger partial charge in [0, 0.05) is 32.9 Å². The van der Waals surface area contributed by atoms with E-state index in [1.807, 2.05) is 12.1 Å². The summed E-state index contributed by atoms with van der Waals surface area (Å²) >= 11 is 0. The van der Waals surface area contributed by atoms with Gasteiger partial charge in [-0.25, -0.2) is 12.7 Å². The van der Waals surface area contributed by atoms with E-state index in [2.05, 4.69) is 31.3 Å². The molecule has 0 saturated carbocycles. The summed E-state index contributed by atoms with van der Waals surface area (Å²) < 4.78 is 26.5. The number of hydrogen-bond acceptors (Lipinski definition) is 4. The van der Waals surface area contributed by atoms with Crippen molar-refractivity contribution in [1.29, 1.82) is 0 Å². The smallest absolute Gasteiger partial charge is 0.251 e. The lowest BCUT2D eigenvalue weighted by atomic mass is 10.0. The maximum atomic E-state index is 12.2. The Bertz CT molecular complexity index is 977. The molecule has 1 N–H and O–H groups in total. The summed E-state index contributed by atoms with van der Waals surface area (Å²) in [5.74, 6) is 0.124. The number of aromatic nitrogens is 1. The quantitative estimate of drug-likeness (QED) is 0.722. The average Bonchev–Trinajstić information content (AvgIpc) is 2.63. The molecule has 7 nitrogen and oxygen atoms in total. The molecule has 0 bridgehead atoms. The Hall–Kier alpha value is -2.45. The number of carbonyl (C=O) groups excluding carboxylic acids is 1. The van der Waals surface area contributed by atoms with Crippen LogP contribution in [-0.4, -0.2) is 43.8 Å². The Morgan fingerprint density at radius 2 is 1.75 bits per heavy atom. The van der Waals surface area contributed by atoms with Crippen molar-refractivity contribution in [3.05, 3.63) is 64.1 Å². The van der Waals surface area contributed by atoms with E-state index in [1.165, 1.54) is 31.9 Å². The second-order valence-corrected chi connectivity index (χ2v) is 9.27. The highest BCUT2D eigenvalue weighted by molar-refractivity contribution is 7.89. The number of amides is 1. The summed E-state index contributed by atoms with van der Waals surface area (Å²) in [7, 11) is -0.857. The first kappa shape index (κ1) is 21.8. The number of pyridine rings is 1. The summed E-state index contributed by atoms with van der Waals surface area (Å²) in [6.07, 6.45) is 1.87. The summed E-state index contributed by atoms with van der Waals surface area (Å²) in [6.45, 7) is 4.47. The van der Waals surface area contributed by atoms with Crippen LogP contribution in [0, 0.1) is 0 Å². The summed E-state index contributed by atoms with van der Waals surface area (Å²) in [6, 6.07) is 10.6. The van der Waals surface area contributed by atoms with Crippen LogP contribution < -0.4 is 10.9 Å². The number of nitrogens with one attached hydrogen (secondary N) is 1. The number of nitrogens with zero attached hydrogens (tertiary/aromatic N) is 2. The topological polar surface area (TPSA) is 88.5 Å². The molecule has 1 aromatic carbocycles. The zero-order valence-electron chi connectivity index (χ0n) is 16.7. The van der Waals surface area contributed by atoms with E-state index < -0.39 is 15.6 Å². The highest BCUT2D eigenvalue weighted by atomic mass is 32.2. The van der Waals surface area contributed by atoms with Gasteiger partial charge in [-0.2, -0.15) is 0 Å². The van der Waals surface area contributed by atoms with Gasteiger partial charge in [-0.1, -0.05) is 38.1 Å². The van der Waals surface area contributed by atoms with E-state index in [4.69, 9.17) is 0 Å². The lowest BCUT2D eigenvalue weighted by Crippen LogP contribution is -2.33.